The molecule has 1 atom stereocenters. The van der Waals surface area contributed by atoms with Gasteiger partial charge in [-0.25, -0.2) is 0 Å². The maximum Gasteiger partial charge on any atom is 0.187 e. The minimum Gasteiger partial charge on any atom is -0.512 e. The topological polar surface area (TPSA) is 66.8 Å². The van der Waals surface area contributed by atoms with E-state index >= 15 is 0 Å². The van der Waals surface area contributed by atoms with Crippen molar-refractivity contribution in [2.75, 3.05) is 7.11 Å². The van der Waals surface area contributed by atoms with Crippen molar-refractivity contribution in [2.24, 2.45) is 0 Å². The van der Waals surface area contributed by atoms with Gasteiger partial charge in [-0.15, -0.1) is 0 Å². The molecule has 0 radical (unpaired) electrons. The van der Waals surface area contributed by atoms with Crippen molar-refractivity contribution in [3.63, 3.8) is 0 Å². The van der Waals surface area contributed by atoms with Crippen LogP contribution in [-0.4, -0.2) is 29.4 Å². The quantitative estimate of drug-likeness (QED) is 0.355. The Labute approximate surface area is 65.1 Å². The highest BCUT2D eigenvalue weighted by Crippen LogP contribution is 2.08. The summed E-state index contributed by atoms with van der Waals surface area (Å²) >= 11 is 0. The second-order valence-electron chi connectivity index (χ2n) is 2.14. The monoisotopic (exact) mass is 160 g/mol. The third kappa shape index (κ3) is 2.69. The lowest BCUT2D eigenvalue weighted by Gasteiger charge is -2.10. The van der Waals surface area contributed by atoms with Crippen molar-refractivity contribution in [3.05, 3.63) is 11.3 Å². The Balaban J connectivity index is 4.63. The normalized spacial score (nSPS) is 15.6. The molecule has 2 N–H and O–H groups in total. The first-order valence-electron chi connectivity index (χ1n) is 3.12. The third-order valence-electron chi connectivity index (χ3n) is 1.24. The Kier molecular flexibility index (Phi) is 3.78. The molecule has 0 saturated carbocycles. The number of ether oxygens (including phenoxy) is 1. The van der Waals surface area contributed by atoms with Crippen LogP contribution in [0, 0.1) is 0 Å². The van der Waals surface area contributed by atoms with Crippen molar-refractivity contribution < 1.29 is 19.7 Å². The molecule has 1 unspecified atom stereocenters. The summed E-state index contributed by atoms with van der Waals surface area (Å²) in [6.07, 6.45) is -1.34. The Hall–Kier alpha value is -0.870. The van der Waals surface area contributed by atoms with Crippen LogP contribution in [0.1, 0.15) is 13.8 Å². The molecule has 0 fully saturated rings. The van der Waals surface area contributed by atoms with E-state index in [1.54, 1.807) is 0 Å². The SMILES string of the molecule is COC(O)C(C(C)=O)=C(C)O. The molecule has 0 amide bonds. The highest BCUT2D eigenvalue weighted by Gasteiger charge is 2.17. The van der Waals surface area contributed by atoms with E-state index in [0.717, 1.165) is 0 Å². The van der Waals surface area contributed by atoms with Crippen molar-refractivity contribution in [1.82, 2.24) is 0 Å². The highest BCUT2D eigenvalue weighted by molar-refractivity contribution is 5.94. The fourth-order valence-electron chi connectivity index (χ4n) is 0.725. The first-order valence-corrected chi connectivity index (χ1v) is 3.12. The predicted molar refractivity (Wildman–Crippen MR) is 39.0 cm³/mol. The molecule has 11 heavy (non-hydrogen) atoms. The molecule has 4 nitrogen and oxygen atoms in total. The Morgan fingerprint density at radius 3 is 2.00 bits per heavy atom. The van der Waals surface area contributed by atoms with Gasteiger partial charge < -0.3 is 14.9 Å². The molecule has 64 valence electrons. The average molecular weight is 160 g/mol. The summed E-state index contributed by atoms with van der Waals surface area (Å²) in [5.74, 6) is -0.619. The van der Waals surface area contributed by atoms with E-state index in [4.69, 9.17) is 10.2 Å². The van der Waals surface area contributed by atoms with Crippen molar-refractivity contribution in [2.45, 2.75) is 20.1 Å². The van der Waals surface area contributed by atoms with E-state index in [1.807, 2.05) is 0 Å². The second-order valence-corrected chi connectivity index (χ2v) is 2.14. The Morgan fingerprint density at radius 1 is 1.45 bits per heavy atom. The number of aliphatic hydroxyl groups is 2. The van der Waals surface area contributed by atoms with Crippen molar-refractivity contribution in [1.29, 1.82) is 0 Å². The number of Topliss-reactive ketones (excluding diaryl/α,β-unsaturated/α-hetero) is 1. The highest BCUT2D eigenvalue weighted by atomic mass is 16.6. The van der Waals surface area contributed by atoms with Gasteiger partial charge in [-0.1, -0.05) is 0 Å². The number of ketones is 1. The molecular formula is C7H12O4. The number of aliphatic hydroxyl groups excluding tert-OH is 2. The number of methoxy groups -OCH3 is 1. The molecule has 0 bridgehead atoms. The zero-order valence-corrected chi connectivity index (χ0v) is 6.79. The first-order chi connectivity index (χ1) is 5.00. The molecular weight excluding hydrogens is 148 g/mol. The van der Waals surface area contributed by atoms with Crippen LogP contribution in [0.25, 0.3) is 0 Å². The lowest BCUT2D eigenvalue weighted by Crippen LogP contribution is -2.19. The number of hydrogen-bond acceptors (Lipinski definition) is 4. The fourth-order valence-corrected chi connectivity index (χ4v) is 0.725. The standard InChI is InChI=1S/C7H12O4/c1-4(8)6(5(2)9)7(10)11-3/h7-8,10H,1-3H3. The average Bonchev–Trinajstić information content (AvgIpc) is 1.85. The maximum absolute atomic E-state index is 10.7. The predicted octanol–water partition coefficient (Wildman–Crippen LogP) is 0.372. The van der Waals surface area contributed by atoms with E-state index in [9.17, 15) is 4.79 Å². The minimum atomic E-state index is -1.34. The molecule has 4 heteroatoms. The van der Waals surface area contributed by atoms with Gasteiger partial charge >= 0.3 is 0 Å². The van der Waals surface area contributed by atoms with Crippen LogP contribution in [0.4, 0.5) is 0 Å². The van der Waals surface area contributed by atoms with Gasteiger partial charge in [0.05, 0.1) is 5.57 Å². The molecule has 0 aliphatic heterocycles. The van der Waals surface area contributed by atoms with Gasteiger partial charge in [-0.3, -0.25) is 4.79 Å². The molecule has 0 aromatic carbocycles. The summed E-state index contributed by atoms with van der Waals surface area (Å²) in [6.45, 7) is 2.57. The summed E-state index contributed by atoms with van der Waals surface area (Å²) in [6, 6.07) is 0. The maximum atomic E-state index is 10.7. The molecule has 0 heterocycles. The van der Waals surface area contributed by atoms with Gasteiger partial charge in [0, 0.05) is 7.11 Å². The molecule has 0 saturated heterocycles. The third-order valence-corrected chi connectivity index (χ3v) is 1.24. The lowest BCUT2D eigenvalue weighted by molar-refractivity contribution is -0.119. The zero-order valence-electron chi connectivity index (χ0n) is 6.79. The van der Waals surface area contributed by atoms with Crippen molar-refractivity contribution >= 4 is 5.78 Å². The van der Waals surface area contributed by atoms with Gasteiger partial charge in [0.1, 0.15) is 5.76 Å². The van der Waals surface area contributed by atoms with E-state index in [2.05, 4.69) is 4.74 Å². The van der Waals surface area contributed by atoms with Gasteiger partial charge in [0.15, 0.2) is 12.1 Å². The number of carbonyl (C=O) groups excluding carboxylic acids is 1. The lowest BCUT2D eigenvalue weighted by atomic mass is 10.1. The molecule has 0 aromatic rings. The molecule has 0 aliphatic carbocycles. The van der Waals surface area contributed by atoms with Crippen LogP contribution < -0.4 is 0 Å². The Morgan fingerprint density at radius 2 is 1.91 bits per heavy atom. The summed E-state index contributed by atoms with van der Waals surface area (Å²) < 4.78 is 4.45. The van der Waals surface area contributed by atoms with E-state index in [1.165, 1.54) is 21.0 Å². The van der Waals surface area contributed by atoms with E-state index < -0.39 is 12.1 Å². The van der Waals surface area contributed by atoms with Crippen LogP contribution in [-0.2, 0) is 9.53 Å². The summed E-state index contributed by atoms with van der Waals surface area (Å²) in [7, 11) is 1.25. The van der Waals surface area contributed by atoms with Crippen LogP contribution in [0.2, 0.25) is 0 Å². The zero-order chi connectivity index (χ0) is 9.02. The fraction of sp³-hybridized carbons (Fsp3) is 0.571. The molecule has 0 rings (SSSR count). The van der Waals surface area contributed by atoms with Gasteiger partial charge in [0.2, 0.25) is 0 Å². The van der Waals surface area contributed by atoms with Crippen LogP contribution >= 0.6 is 0 Å². The second kappa shape index (κ2) is 4.10. The number of hydrogen-bond donors (Lipinski definition) is 2. The van der Waals surface area contributed by atoms with E-state index in [0.29, 0.717) is 0 Å². The first kappa shape index (κ1) is 10.1. The van der Waals surface area contributed by atoms with Gasteiger partial charge in [0.25, 0.3) is 0 Å². The largest absolute Gasteiger partial charge is 0.512 e. The van der Waals surface area contributed by atoms with E-state index in [-0.39, 0.29) is 11.3 Å². The minimum absolute atomic E-state index is 0.104. The smallest absolute Gasteiger partial charge is 0.187 e. The van der Waals surface area contributed by atoms with Crippen LogP contribution in [0.5, 0.6) is 0 Å². The number of rotatable bonds is 3. The number of carbonyl (C=O) groups is 1. The van der Waals surface area contributed by atoms with Crippen LogP contribution in [0.15, 0.2) is 11.3 Å². The van der Waals surface area contributed by atoms with Crippen LogP contribution in [0.3, 0.4) is 0 Å². The molecule has 0 spiro atoms. The Bertz CT molecular complexity index is 179. The van der Waals surface area contributed by atoms with Gasteiger partial charge in [-0.2, -0.15) is 0 Å². The summed E-state index contributed by atoms with van der Waals surface area (Å²) in [5.41, 5.74) is -0.104. The van der Waals surface area contributed by atoms with Crippen molar-refractivity contribution in [3.8, 4) is 0 Å². The summed E-state index contributed by atoms with van der Waals surface area (Å²) in [5, 5.41) is 17.9. The molecule has 0 aromatic heterocycles. The molecule has 0 aliphatic rings. The summed E-state index contributed by atoms with van der Waals surface area (Å²) in [4.78, 5) is 10.7. The number of allylic oxidation sites excluding steroid dienone is 1. The van der Waals surface area contributed by atoms with Gasteiger partial charge in [-0.05, 0) is 13.8 Å².